The summed E-state index contributed by atoms with van der Waals surface area (Å²) in [5.41, 5.74) is 3.66. The quantitative estimate of drug-likeness (QED) is 0.870. The summed E-state index contributed by atoms with van der Waals surface area (Å²) in [4.78, 5) is 0. The molecule has 0 aliphatic rings. The van der Waals surface area contributed by atoms with Crippen LogP contribution in [0, 0.1) is 6.92 Å². The molecular formula is C18H22O2. The van der Waals surface area contributed by atoms with Crippen molar-refractivity contribution in [2.24, 2.45) is 0 Å². The van der Waals surface area contributed by atoms with Crippen LogP contribution in [0.5, 0.6) is 5.75 Å². The zero-order valence-electron chi connectivity index (χ0n) is 12.2. The molecule has 2 heteroatoms. The molecule has 0 aliphatic heterocycles. The van der Waals surface area contributed by atoms with Gasteiger partial charge in [0.05, 0.1) is 13.2 Å². The Hall–Kier alpha value is -1.80. The first-order chi connectivity index (χ1) is 9.67. The molecule has 0 heterocycles. The predicted octanol–water partition coefficient (Wildman–Crippen LogP) is 3.54. The van der Waals surface area contributed by atoms with Crippen molar-refractivity contribution >= 4 is 0 Å². The fourth-order valence-corrected chi connectivity index (χ4v) is 2.26. The van der Waals surface area contributed by atoms with Gasteiger partial charge in [-0.05, 0) is 49.4 Å². The molecule has 0 aromatic heterocycles. The average molecular weight is 270 g/mol. The number of aliphatic hydroxyl groups excluding tert-OH is 1. The van der Waals surface area contributed by atoms with Crippen LogP contribution in [0.4, 0.5) is 0 Å². The molecule has 2 rings (SSSR count). The molecule has 2 nitrogen and oxygen atoms in total. The number of benzene rings is 2. The van der Waals surface area contributed by atoms with E-state index in [2.05, 4.69) is 31.2 Å². The highest BCUT2D eigenvalue weighted by Gasteiger charge is 2.07. The highest BCUT2D eigenvalue weighted by Crippen LogP contribution is 2.16. The van der Waals surface area contributed by atoms with Gasteiger partial charge in [0.1, 0.15) is 5.75 Å². The van der Waals surface area contributed by atoms with Crippen LogP contribution in [0.3, 0.4) is 0 Å². The van der Waals surface area contributed by atoms with E-state index in [4.69, 9.17) is 4.74 Å². The molecular weight excluding hydrogens is 248 g/mol. The lowest BCUT2D eigenvalue weighted by Gasteiger charge is -2.11. The molecule has 0 spiro atoms. The van der Waals surface area contributed by atoms with Gasteiger partial charge in [0.15, 0.2) is 0 Å². The second-order valence-electron chi connectivity index (χ2n) is 5.23. The lowest BCUT2D eigenvalue weighted by molar-refractivity contribution is 0.165. The number of ether oxygens (including phenoxy) is 1. The topological polar surface area (TPSA) is 29.5 Å². The van der Waals surface area contributed by atoms with Crippen LogP contribution in [0.15, 0.2) is 48.5 Å². The van der Waals surface area contributed by atoms with Crippen LogP contribution in [0.25, 0.3) is 0 Å². The first-order valence-corrected chi connectivity index (χ1v) is 7.04. The minimum atomic E-state index is -0.316. The molecule has 0 radical (unpaired) electrons. The standard InChI is InChI=1S/C18H22O2/c1-14-6-8-15(9-7-14)10-11-17(19)12-16-4-3-5-18(13-16)20-2/h3-9,13,17,19H,10-12H2,1-2H3. The third-order valence-corrected chi connectivity index (χ3v) is 3.49. The van der Waals surface area contributed by atoms with E-state index in [1.165, 1.54) is 11.1 Å². The molecule has 20 heavy (non-hydrogen) atoms. The summed E-state index contributed by atoms with van der Waals surface area (Å²) in [6, 6.07) is 16.4. The van der Waals surface area contributed by atoms with Crippen molar-refractivity contribution in [1.82, 2.24) is 0 Å². The van der Waals surface area contributed by atoms with E-state index in [9.17, 15) is 5.11 Å². The molecule has 106 valence electrons. The number of hydrogen-bond acceptors (Lipinski definition) is 2. The van der Waals surface area contributed by atoms with Gasteiger partial charge in [-0.2, -0.15) is 0 Å². The molecule has 0 amide bonds. The zero-order chi connectivity index (χ0) is 14.4. The van der Waals surface area contributed by atoms with Crippen molar-refractivity contribution in [3.05, 3.63) is 65.2 Å². The van der Waals surface area contributed by atoms with E-state index in [0.29, 0.717) is 6.42 Å². The average Bonchev–Trinajstić information content (AvgIpc) is 2.47. The molecule has 0 aliphatic carbocycles. The Labute approximate surface area is 121 Å². The van der Waals surface area contributed by atoms with E-state index in [1.807, 2.05) is 24.3 Å². The maximum atomic E-state index is 10.1. The van der Waals surface area contributed by atoms with Crippen molar-refractivity contribution in [1.29, 1.82) is 0 Å². The number of aryl methyl sites for hydroxylation is 2. The Morgan fingerprint density at radius 2 is 1.80 bits per heavy atom. The van der Waals surface area contributed by atoms with E-state index in [-0.39, 0.29) is 6.10 Å². The normalized spacial score (nSPS) is 12.2. The third kappa shape index (κ3) is 4.39. The maximum Gasteiger partial charge on any atom is 0.119 e. The molecule has 1 atom stereocenters. The number of aliphatic hydroxyl groups is 1. The maximum absolute atomic E-state index is 10.1. The van der Waals surface area contributed by atoms with E-state index in [1.54, 1.807) is 7.11 Å². The highest BCUT2D eigenvalue weighted by molar-refractivity contribution is 5.29. The summed E-state index contributed by atoms with van der Waals surface area (Å²) in [5.74, 6) is 0.841. The van der Waals surface area contributed by atoms with Gasteiger partial charge >= 0.3 is 0 Å². The predicted molar refractivity (Wildman–Crippen MR) is 82.2 cm³/mol. The first-order valence-electron chi connectivity index (χ1n) is 7.04. The summed E-state index contributed by atoms with van der Waals surface area (Å²) in [5, 5.41) is 10.1. The van der Waals surface area contributed by atoms with E-state index in [0.717, 1.165) is 24.2 Å². The molecule has 0 bridgehead atoms. The Kier molecular flexibility index (Phi) is 5.19. The van der Waals surface area contributed by atoms with Crippen LogP contribution < -0.4 is 4.74 Å². The van der Waals surface area contributed by atoms with Gasteiger partial charge in [0.2, 0.25) is 0 Å². The van der Waals surface area contributed by atoms with Gasteiger partial charge in [-0.3, -0.25) is 0 Å². The van der Waals surface area contributed by atoms with Crippen LogP contribution in [-0.2, 0) is 12.8 Å². The van der Waals surface area contributed by atoms with E-state index >= 15 is 0 Å². The van der Waals surface area contributed by atoms with Gasteiger partial charge in [0, 0.05) is 0 Å². The van der Waals surface area contributed by atoms with Crippen molar-refractivity contribution in [2.75, 3.05) is 7.11 Å². The Bertz CT molecular complexity index is 531. The van der Waals surface area contributed by atoms with Gasteiger partial charge in [-0.25, -0.2) is 0 Å². The lowest BCUT2D eigenvalue weighted by atomic mass is 10.0. The highest BCUT2D eigenvalue weighted by atomic mass is 16.5. The zero-order valence-corrected chi connectivity index (χ0v) is 12.2. The van der Waals surface area contributed by atoms with Crippen molar-refractivity contribution in [3.63, 3.8) is 0 Å². The largest absolute Gasteiger partial charge is 0.497 e. The number of methoxy groups -OCH3 is 1. The first kappa shape index (κ1) is 14.6. The smallest absolute Gasteiger partial charge is 0.119 e. The summed E-state index contributed by atoms with van der Waals surface area (Å²) < 4.78 is 5.20. The molecule has 1 N–H and O–H groups in total. The molecule has 0 saturated carbocycles. The SMILES string of the molecule is COc1cccc(CC(O)CCc2ccc(C)cc2)c1. The van der Waals surface area contributed by atoms with Crippen molar-refractivity contribution in [3.8, 4) is 5.75 Å². The summed E-state index contributed by atoms with van der Waals surface area (Å²) >= 11 is 0. The van der Waals surface area contributed by atoms with Crippen LogP contribution >= 0.6 is 0 Å². The minimum Gasteiger partial charge on any atom is -0.497 e. The Morgan fingerprint density at radius 3 is 2.50 bits per heavy atom. The van der Waals surface area contributed by atoms with Gasteiger partial charge in [0.25, 0.3) is 0 Å². The molecule has 2 aromatic carbocycles. The Balaban J connectivity index is 1.85. The van der Waals surface area contributed by atoms with Crippen LogP contribution in [0.1, 0.15) is 23.1 Å². The molecule has 2 aromatic rings. The van der Waals surface area contributed by atoms with Crippen molar-refractivity contribution < 1.29 is 9.84 Å². The van der Waals surface area contributed by atoms with Gasteiger partial charge < -0.3 is 9.84 Å². The number of hydrogen-bond donors (Lipinski definition) is 1. The Morgan fingerprint density at radius 1 is 1.05 bits per heavy atom. The summed E-state index contributed by atoms with van der Waals surface area (Å²) in [6.45, 7) is 2.08. The third-order valence-electron chi connectivity index (χ3n) is 3.49. The fraction of sp³-hybridized carbons (Fsp3) is 0.333. The van der Waals surface area contributed by atoms with Crippen LogP contribution in [0.2, 0.25) is 0 Å². The minimum absolute atomic E-state index is 0.316. The van der Waals surface area contributed by atoms with Crippen LogP contribution in [-0.4, -0.2) is 18.3 Å². The van der Waals surface area contributed by atoms with E-state index < -0.39 is 0 Å². The molecule has 0 fully saturated rings. The lowest BCUT2D eigenvalue weighted by Crippen LogP contribution is -2.11. The monoisotopic (exact) mass is 270 g/mol. The molecule has 1 unspecified atom stereocenters. The molecule has 0 saturated heterocycles. The number of rotatable bonds is 6. The van der Waals surface area contributed by atoms with Gasteiger partial charge in [-0.15, -0.1) is 0 Å². The second-order valence-corrected chi connectivity index (χ2v) is 5.23. The second kappa shape index (κ2) is 7.11. The van der Waals surface area contributed by atoms with Gasteiger partial charge in [-0.1, -0.05) is 42.0 Å². The summed E-state index contributed by atoms with van der Waals surface area (Å²) in [7, 11) is 1.66. The fourth-order valence-electron chi connectivity index (χ4n) is 2.26. The van der Waals surface area contributed by atoms with Crippen molar-refractivity contribution in [2.45, 2.75) is 32.3 Å². The summed E-state index contributed by atoms with van der Waals surface area (Å²) in [6.07, 6.45) is 2.04.